The van der Waals surface area contributed by atoms with Crippen LogP contribution in [0.4, 0.5) is 11.5 Å². The zero-order chi connectivity index (χ0) is 13.2. The number of rotatable bonds is 3. The number of nitrogens with two attached hydrogens (primary N) is 1. The zero-order valence-corrected chi connectivity index (χ0v) is 11.2. The molecule has 0 radical (unpaired) electrons. The average molecular weight is 271 g/mol. The third-order valence-corrected chi connectivity index (χ3v) is 3.79. The molecule has 0 spiro atoms. The fourth-order valence-corrected chi connectivity index (χ4v) is 2.55. The van der Waals surface area contributed by atoms with Gasteiger partial charge in [0.1, 0.15) is 17.2 Å². The molecule has 3 aromatic rings. The highest BCUT2D eigenvalue weighted by Crippen LogP contribution is 2.25. The summed E-state index contributed by atoms with van der Waals surface area (Å²) in [7, 11) is 0. The van der Waals surface area contributed by atoms with Crippen molar-refractivity contribution < 1.29 is 0 Å². The largest absolute Gasteiger partial charge is 0.399 e. The van der Waals surface area contributed by atoms with E-state index in [9.17, 15) is 0 Å². The average Bonchev–Trinajstić information content (AvgIpc) is 2.92. The summed E-state index contributed by atoms with van der Waals surface area (Å²) in [4.78, 5) is 12.8. The molecule has 2 heterocycles. The molecule has 6 heteroatoms. The van der Waals surface area contributed by atoms with Gasteiger partial charge in [0.2, 0.25) is 0 Å². The minimum absolute atomic E-state index is 0.107. The minimum atomic E-state index is 0.107. The van der Waals surface area contributed by atoms with Crippen molar-refractivity contribution in [2.45, 2.75) is 13.0 Å². The van der Waals surface area contributed by atoms with E-state index in [1.54, 1.807) is 23.9 Å². The first-order valence-electron chi connectivity index (χ1n) is 5.90. The van der Waals surface area contributed by atoms with Crippen molar-refractivity contribution in [2.75, 3.05) is 11.1 Å². The lowest BCUT2D eigenvalue weighted by molar-refractivity contribution is 0.862. The first-order chi connectivity index (χ1) is 9.24. The van der Waals surface area contributed by atoms with E-state index in [0.29, 0.717) is 5.69 Å². The van der Waals surface area contributed by atoms with Crippen molar-refractivity contribution in [3.8, 4) is 0 Å². The van der Waals surface area contributed by atoms with Gasteiger partial charge in [-0.1, -0.05) is 0 Å². The van der Waals surface area contributed by atoms with Crippen molar-refractivity contribution in [2.24, 2.45) is 0 Å². The molecule has 2 aromatic heterocycles. The Morgan fingerprint density at radius 1 is 1.26 bits per heavy atom. The maximum absolute atomic E-state index is 5.76. The predicted molar refractivity (Wildman–Crippen MR) is 78.1 cm³/mol. The Balaban J connectivity index is 1.97. The monoisotopic (exact) mass is 271 g/mol. The van der Waals surface area contributed by atoms with Gasteiger partial charge in [-0.2, -0.15) is 0 Å². The topological polar surface area (TPSA) is 76.7 Å². The highest BCUT2D eigenvalue weighted by molar-refractivity contribution is 7.09. The molecule has 1 atom stereocenters. The predicted octanol–water partition coefficient (Wildman–Crippen LogP) is 2.84. The Labute approximate surface area is 114 Å². The molecule has 1 unspecified atom stereocenters. The van der Waals surface area contributed by atoms with Gasteiger partial charge in [0.15, 0.2) is 0 Å². The van der Waals surface area contributed by atoms with Crippen LogP contribution in [0.5, 0.6) is 0 Å². The molecular formula is C13H13N5S. The van der Waals surface area contributed by atoms with Crippen molar-refractivity contribution in [3.63, 3.8) is 0 Å². The molecule has 96 valence electrons. The van der Waals surface area contributed by atoms with Crippen molar-refractivity contribution >= 4 is 33.7 Å². The third-order valence-electron chi connectivity index (χ3n) is 2.84. The molecule has 0 bridgehead atoms. The van der Waals surface area contributed by atoms with Crippen LogP contribution in [0.1, 0.15) is 18.0 Å². The number of nitrogens with zero attached hydrogens (tertiary/aromatic N) is 3. The summed E-state index contributed by atoms with van der Waals surface area (Å²) in [5.74, 6) is 0.799. The molecule has 0 saturated heterocycles. The van der Waals surface area contributed by atoms with Crippen LogP contribution in [0, 0.1) is 0 Å². The van der Waals surface area contributed by atoms with Gasteiger partial charge in [-0.25, -0.2) is 15.0 Å². The van der Waals surface area contributed by atoms with Crippen LogP contribution in [0.2, 0.25) is 0 Å². The Bertz CT molecular complexity index is 695. The van der Waals surface area contributed by atoms with Gasteiger partial charge in [0.25, 0.3) is 0 Å². The maximum atomic E-state index is 5.76. The van der Waals surface area contributed by atoms with E-state index in [-0.39, 0.29) is 6.04 Å². The van der Waals surface area contributed by atoms with Crippen molar-refractivity contribution in [1.29, 1.82) is 0 Å². The fraction of sp³-hybridized carbons (Fsp3) is 0.154. The lowest BCUT2D eigenvalue weighted by Crippen LogP contribution is -2.08. The number of nitrogen functional groups attached to an aromatic ring is 1. The quantitative estimate of drug-likeness (QED) is 0.716. The molecule has 3 N–H and O–H groups in total. The Morgan fingerprint density at radius 2 is 2.16 bits per heavy atom. The summed E-state index contributed by atoms with van der Waals surface area (Å²) in [5.41, 5.74) is 7.30. The molecule has 0 fully saturated rings. The molecule has 3 rings (SSSR count). The van der Waals surface area contributed by atoms with Gasteiger partial charge in [-0.05, 0) is 25.1 Å². The first kappa shape index (κ1) is 11.9. The number of fused-ring (bicyclic) bond motifs is 1. The van der Waals surface area contributed by atoms with Gasteiger partial charge in [-0.15, -0.1) is 11.3 Å². The van der Waals surface area contributed by atoms with Gasteiger partial charge >= 0.3 is 0 Å². The van der Waals surface area contributed by atoms with Gasteiger partial charge < -0.3 is 11.1 Å². The highest BCUT2D eigenvalue weighted by Gasteiger charge is 2.11. The minimum Gasteiger partial charge on any atom is -0.399 e. The Morgan fingerprint density at radius 3 is 2.95 bits per heavy atom. The third kappa shape index (κ3) is 2.34. The first-order valence-corrected chi connectivity index (χ1v) is 6.78. The second-order valence-corrected chi connectivity index (χ2v) is 5.16. The molecular weight excluding hydrogens is 258 g/mol. The number of benzene rings is 1. The number of nitrogens with one attached hydrogen (secondary N) is 1. The van der Waals surface area contributed by atoms with E-state index < -0.39 is 0 Å². The smallest absolute Gasteiger partial charge is 0.137 e. The fourth-order valence-electron chi connectivity index (χ4n) is 1.90. The molecule has 0 aliphatic rings. The molecule has 1 aromatic carbocycles. The molecule has 19 heavy (non-hydrogen) atoms. The maximum Gasteiger partial charge on any atom is 0.137 e. The van der Waals surface area contributed by atoms with E-state index >= 15 is 0 Å². The van der Waals surface area contributed by atoms with E-state index in [2.05, 4.69) is 27.2 Å². The van der Waals surface area contributed by atoms with Crippen LogP contribution in [-0.4, -0.2) is 15.0 Å². The van der Waals surface area contributed by atoms with Crippen LogP contribution in [0.3, 0.4) is 0 Å². The SMILES string of the molecule is CC(Nc1ncnc2cc(N)ccc12)c1nccs1. The number of aromatic nitrogens is 3. The highest BCUT2D eigenvalue weighted by atomic mass is 32.1. The zero-order valence-electron chi connectivity index (χ0n) is 10.4. The van der Waals surface area contributed by atoms with Gasteiger partial charge in [-0.3, -0.25) is 0 Å². The van der Waals surface area contributed by atoms with Gasteiger partial charge in [0.05, 0.1) is 11.6 Å². The van der Waals surface area contributed by atoms with Crippen molar-refractivity contribution in [3.05, 3.63) is 41.1 Å². The summed E-state index contributed by atoms with van der Waals surface area (Å²) >= 11 is 1.62. The molecule has 0 amide bonds. The second-order valence-electron chi connectivity index (χ2n) is 4.24. The lowest BCUT2D eigenvalue weighted by atomic mass is 10.2. The van der Waals surface area contributed by atoms with Crippen LogP contribution < -0.4 is 11.1 Å². The summed E-state index contributed by atoms with van der Waals surface area (Å²) in [6.45, 7) is 2.06. The summed E-state index contributed by atoms with van der Waals surface area (Å²) in [6.07, 6.45) is 3.34. The molecule has 5 nitrogen and oxygen atoms in total. The van der Waals surface area contributed by atoms with E-state index in [4.69, 9.17) is 5.73 Å². The number of thiazole rings is 1. The van der Waals surface area contributed by atoms with E-state index in [1.807, 2.05) is 23.6 Å². The number of anilines is 2. The van der Waals surface area contributed by atoms with Gasteiger partial charge in [0, 0.05) is 22.7 Å². The Kier molecular flexibility index (Phi) is 3.00. The van der Waals surface area contributed by atoms with Crippen LogP contribution in [0.25, 0.3) is 10.9 Å². The Hall–Kier alpha value is -2.21. The summed E-state index contributed by atoms with van der Waals surface area (Å²) < 4.78 is 0. The normalized spacial score (nSPS) is 12.5. The number of hydrogen-bond acceptors (Lipinski definition) is 6. The summed E-state index contributed by atoms with van der Waals surface area (Å²) in [5, 5.41) is 7.32. The van der Waals surface area contributed by atoms with E-state index in [0.717, 1.165) is 21.7 Å². The van der Waals surface area contributed by atoms with E-state index in [1.165, 1.54) is 0 Å². The summed E-state index contributed by atoms with van der Waals surface area (Å²) in [6, 6.07) is 5.73. The van der Waals surface area contributed by atoms with Crippen LogP contribution >= 0.6 is 11.3 Å². The molecule has 0 aliphatic heterocycles. The standard InChI is InChI=1S/C13H13N5S/c1-8(13-15-4-5-19-13)18-12-10-3-2-9(14)6-11(10)16-7-17-12/h2-8H,14H2,1H3,(H,16,17,18). The molecule has 0 aliphatic carbocycles. The van der Waals surface area contributed by atoms with Crippen molar-refractivity contribution in [1.82, 2.24) is 15.0 Å². The number of hydrogen-bond donors (Lipinski definition) is 2. The van der Waals surface area contributed by atoms with Crippen LogP contribution in [0.15, 0.2) is 36.1 Å². The second kappa shape index (κ2) is 4.81. The molecule has 0 saturated carbocycles. The van der Waals surface area contributed by atoms with Crippen LogP contribution in [-0.2, 0) is 0 Å². The lowest BCUT2D eigenvalue weighted by Gasteiger charge is -2.13.